The molecule has 2 amide bonds. The number of piperazine rings is 1. The first kappa shape index (κ1) is 14.7. The van der Waals surface area contributed by atoms with Gasteiger partial charge in [0, 0.05) is 19.1 Å². The third-order valence-corrected chi connectivity index (χ3v) is 5.92. The zero-order chi connectivity index (χ0) is 16.2. The summed E-state index contributed by atoms with van der Waals surface area (Å²) in [5.41, 5.74) is 1.95. The van der Waals surface area contributed by atoms with E-state index in [9.17, 15) is 9.59 Å². The zero-order valence-corrected chi connectivity index (χ0v) is 13.9. The van der Waals surface area contributed by atoms with Gasteiger partial charge in [-0.15, -0.1) is 0 Å². The third kappa shape index (κ3) is 2.19. The minimum absolute atomic E-state index is 0.131. The number of carbonyl (C=O) groups excluding carboxylic acids is 2. The van der Waals surface area contributed by atoms with E-state index in [0.29, 0.717) is 6.54 Å². The minimum Gasteiger partial charge on any atom is -0.336 e. The van der Waals surface area contributed by atoms with Crippen LogP contribution in [0.4, 0.5) is 0 Å². The number of aryl methyl sites for hydroxylation is 1. The van der Waals surface area contributed by atoms with Crippen molar-refractivity contribution in [2.24, 2.45) is 0 Å². The van der Waals surface area contributed by atoms with Gasteiger partial charge in [0.25, 0.3) is 0 Å². The van der Waals surface area contributed by atoms with Gasteiger partial charge in [0.15, 0.2) is 0 Å². The highest BCUT2D eigenvalue weighted by Crippen LogP contribution is 2.50. The highest BCUT2D eigenvalue weighted by atomic mass is 16.2. The smallest absolute Gasteiger partial charge is 0.245 e. The average molecular weight is 312 g/mol. The first-order chi connectivity index (χ1) is 11.0. The van der Waals surface area contributed by atoms with E-state index < -0.39 is 0 Å². The summed E-state index contributed by atoms with van der Waals surface area (Å²) in [6.07, 6.45) is 3.90. The Kier molecular flexibility index (Phi) is 3.26. The molecule has 4 nitrogen and oxygen atoms in total. The number of hydrogen-bond donors (Lipinski definition) is 0. The summed E-state index contributed by atoms with van der Waals surface area (Å²) < 4.78 is 0. The molecular weight excluding hydrogens is 288 g/mol. The third-order valence-electron chi connectivity index (χ3n) is 5.92. The number of amides is 2. The molecule has 1 saturated carbocycles. The highest BCUT2D eigenvalue weighted by Gasteiger charge is 2.55. The van der Waals surface area contributed by atoms with Crippen LogP contribution in [-0.2, 0) is 15.0 Å². The summed E-state index contributed by atoms with van der Waals surface area (Å²) >= 11 is 0. The number of fused-ring (bicyclic) bond motifs is 1. The lowest BCUT2D eigenvalue weighted by atomic mass is 9.92. The number of hydrogen-bond acceptors (Lipinski definition) is 2. The molecule has 0 N–H and O–H groups in total. The average Bonchev–Trinajstić information content (AvgIpc) is 3.22. The van der Waals surface area contributed by atoms with Crippen LogP contribution < -0.4 is 0 Å². The van der Waals surface area contributed by atoms with Gasteiger partial charge in [0.2, 0.25) is 11.8 Å². The van der Waals surface area contributed by atoms with Crippen LogP contribution in [0.5, 0.6) is 0 Å². The molecule has 4 rings (SSSR count). The fourth-order valence-electron chi connectivity index (χ4n) is 4.23. The normalized spacial score (nSPS) is 28.7. The maximum Gasteiger partial charge on any atom is 0.245 e. The van der Waals surface area contributed by atoms with E-state index in [-0.39, 0.29) is 29.3 Å². The monoisotopic (exact) mass is 312 g/mol. The van der Waals surface area contributed by atoms with Crippen LogP contribution in [-0.4, -0.2) is 46.8 Å². The molecule has 2 heterocycles. The van der Waals surface area contributed by atoms with Gasteiger partial charge in [-0.05, 0) is 45.1 Å². The fraction of sp³-hybridized carbons (Fsp3) is 0.579. The van der Waals surface area contributed by atoms with E-state index in [1.54, 1.807) is 0 Å². The minimum atomic E-state index is -0.372. The van der Waals surface area contributed by atoms with Crippen molar-refractivity contribution < 1.29 is 9.59 Å². The molecule has 23 heavy (non-hydrogen) atoms. The molecule has 122 valence electrons. The van der Waals surface area contributed by atoms with Crippen LogP contribution in [0.25, 0.3) is 0 Å². The molecule has 3 fully saturated rings. The van der Waals surface area contributed by atoms with E-state index in [4.69, 9.17) is 0 Å². The Bertz CT molecular complexity index is 648. The van der Waals surface area contributed by atoms with Gasteiger partial charge in [0.1, 0.15) is 6.04 Å². The number of benzene rings is 1. The van der Waals surface area contributed by atoms with Crippen LogP contribution >= 0.6 is 0 Å². The number of rotatable bonds is 2. The zero-order valence-electron chi connectivity index (χ0n) is 13.9. The highest BCUT2D eigenvalue weighted by molar-refractivity contribution is 5.96. The van der Waals surface area contributed by atoms with Gasteiger partial charge in [-0.1, -0.05) is 29.8 Å². The molecular formula is C19H24N2O2. The van der Waals surface area contributed by atoms with E-state index in [2.05, 4.69) is 31.2 Å². The second-order valence-corrected chi connectivity index (χ2v) is 7.41. The molecule has 3 aliphatic rings. The van der Waals surface area contributed by atoms with Gasteiger partial charge < -0.3 is 9.80 Å². The van der Waals surface area contributed by atoms with Crippen molar-refractivity contribution in [3.63, 3.8) is 0 Å². The van der Waals surface area contributed by atoms with Crippen LogP contribution in [0.2, 0.25) is 0 Å². The Labute approximate surface area is 137 Å². The summed E-state index contributed by atoms with van der Waals surface area (Å²) in [4.78, 5) is 29.7. The Morgan fingerprint density at radius 2 is 1.91 bits per heavy atom. The molecule has 0 bridgehead atoms. The maximum atomic E-state index is 13.3. The predicted molar refractivity (Wildman–Crippen MR) is 88.0 cm³/mol. The molecule has 2 atom stereocenters. The van der Waals surface area contributed by atoms with E-state index in [1.807, 2.05) is 16.7 Å². The van der Waals surface area contributed by atoms with E-state index in [1.165, 1.54) is 5.56 Å². The molecule has 1 aromatic rings. The molecule has 1 aromatic carbocycles. The second kappa shape index (κ2) is 5.08. The summed E-state index contributed by atoms with van der Waals surface area (Å²) in [7, 11) is 0. The summed E-state index contributed by atoms with van der Waals surface area (Å²) in [6, 6.07) is 8.23. The lowest BCUT2D eigenvalue weighted by Crippen LogP contribution is -2.61. The first-order valence-corrected chi connectivity index (χ1v) is 8.72. The van der Waals surface area contributed by atoms with Gasteiger partial charge in [-0.2, -0.15) is 0 Å². The van der Waals surface area contributed by atoms with Crippen molar-refractivity contribution in [2.75, 3.05) is 13.1 Å². The quantitative estimate of drug-likeness (QED) is 0.840. The van der Waals surface area contributed by atoms with Gasteiger partial charge in [0.05, 0.1) is 5.41 Å². The van der Waals surface area contributed by atoms with Crippen LogP contribution in [0.1, 0.15) is 43.7 Å². The van der Waals surface area contributed by atoms with Crippen LogP contribution in [0.3, 0.4) is 0 Å². The molecule has 2 aliphatic heterocycles. The van der Waals surface area contributed by atoms with E-state index >= 15 is 0 Å². The topological polar surface area (TPSA) is 40.6 Å². The SMILES string of the molecule is Cc1ccc(C2(C(=O)N3C[C@@H]4CCCN4C(=O)[C@H]3C)CC2)cc1. The van der Waals surface area contributed by atoms with Crippen molar-refractivity contribution in [2.45, 2.75) is 57.0 Å². The number of nitrogens with zero attached hydrogens (tertiary/aromatic N) is 2. The Balaban J connectivity index is 1.61. The Morgan fingerprint density at radius 1 is 1.22 bits per heavy atom. The molecule has 0 unspecified atom stereocenters. The second-order valence-electron chi connectivity index (χ2n) is 7.41. The maximum absolute atomic E-state index is 13.3. The molecule has 4 heteroatoms. The Hall–Kier alpha value is -1.84. The molecule has 0 spiro atoms. The van der Waals surface area contributed by atoms with Crippen molar-refractivity contribution in [1.82, 2.24) is 9.80 Å². The number of carbonyl (C=O) groups is 2. The Morgan fingerprint density at radius 3 is 2.57 bits per heavy atom. The van der Waals surface area contributed by atoms with Crippen LogP contribution in [0.15, 0.2) is 24.3 Å². The lowest BCUT2D eigenvalue weighted by molar-refractivity contribution is -0.153. The van der Waals surface area contributed by atoms with Gasteiger partial charge in [-0.25, -0.2) is 0 Å². The first-order valence-electron chi connectivity index (χ1n) is 8.72. The van der Waals surface area contributed by atoms with Crippen molar-refractivity contribution in [1.29, 1.82) is 0 Å². The fourth-order valence-corrected chi connectivity index (χ4v) is 4.23. The summed E-state index contributed by atoms with van der Waals surface area (Å²) in [5.74, 6) is 0.292. The summed E-state index contributed by atoms with van der Waals surface area (Å²) in [5, 5.41) is 0. The largest absolute Gasteiger partial charge is 0.336 e. The van der Waals surface area contributed by atoms with Gasteiger partial charge in [-0.3, -0.25) is 9.59 Å². The molecule has 1 aliphatic carbocycles. The van der Waals surface area contributed by atoms with Crippen molar-refractivity contribution in [3.05, 3.63) is 35.4 Å². The van der Waals surface area contributed by atoms with Crippen molar-refractivity contribution >= 4 is 11.8 Å². The lowest BCUT2D eigenvalue weighted by Gasteiger charge is -2.43. The molecule has 0 aromatic heterocycles. The molecule has 2 saturated heterocycles. The van der Waals surface area contributed by atoms with E-state index in [0.717, 1.165) is 37.8 Å². The van der Waals surface area contributed by atoms with Crippen molar-refractivity contribution in [3.8, 4) is 0 Å². The van der Waals surface area contributed by atoms with Gasteiger partial charge >= 0.3 is 0 Å². The van der Waals surface area contributed by atoms with Crippen LogP contribution in [0, 0.1) is 6.92 Å². The molecule has 0 radical (unpaired) electrons. The summed E-state index contributed by atoms with van der Waals surface area (Å²) in [6.45, 7) is 5.52. The predicted octanol–water partition coefficient (Wildman–Crippen LogP) is 2.25. The standard InChI is InChI=1S/C19H24N2O2/c1-13-5-7-15(8-6-13)19(9-10-19)18(23)21-12-16-4-3-11-20(16)17(22)14(21)2/h5-8,14,16H,3-4,9-12H2,1-2H3/t14-,16+/m1/s1.